The molecule has 0 radical (unpaired) electrons. The number of halogens is 3. The maximum absolute atomic E-state index is 12.4. The molecular formula is C14H15F3N2OS. The molecule has 1 aromatic heterocycles. The molecule has 0 aliphatic rings. The number of benzene rings is 1. The monoisotopic (exact) mass is 316 g/mol. The largest absolute Gasteiger partial charge is 0.573 e. The summed E-state index contributed by atoms with van der Waals surface area (Å²) in [6.07, 6.45) is -4.72. The first-order valence-electron chi connectivity index (χ1n) is 6.44. The van der Waals surface area contributed by atoms with E-state index in [9.17, 15) is 13.2 Å². The van der Waals surface area contributed by atoms with Crippen molar-refractivity contribution in [2.24, 2.45) is 0 Å². The van der Waals surface area contributed by atoms with Crippen LogP contribution in [0.4, 0.5) is 13.2 Å². The molecule has 1 atom stereocenters. The number of aromatic nitrogens is 1. The lowest BCUT2D eigenvalue weighted by Crippen LogP contribution is -2.18. The van der Waals surface area contributed by atoms with Crippen molar-refractivity contribution in [2.75, 3.05) is 6.54 Å². The summed E-state index contributed by atoms with van der Waals surface area (Å²) in [6, 6.07) is 6.07. The van der Waals surface area contributed by atoms with Crippen LogP contribution in [0.3, 0.4) is 0 Å². The highest BCUT2D eigenvalue weighted by atomic mass is 32.1. The van der Waals surface area contributed by atoms with Gasteiger partial charge in [-0.15, -0.1) is 24.5 Å². The second kappa shape index (κ2) is 6.44. The average Bonchev–Trinajstić information content (AvgIpc) is 2.87. The average molecular weight is 316 g/mol. The molecule has 1 heterocycles. The molecule has 0 spiro atoms. The molecule has 0 aliphatic heterocycles. The second-order valence-electron chi connectivity index (χ2n) is 4.40. The summed E-state index contributed by atoms with van der Waals surface area (Å²) >= 11 is 1.30. The first-order chi connectivity index (χ1) is 9.90. The minimum atomic E-state index is -4.72. The highest BCUT2D eigenvalue weighted by Gasteiger charge is 2.32. The summed E-state index contributed by atoms with van der Waals surface area (Å²) < 4.78 is 41.3. The highest BCUT2D eigenvalue weighted by molar-refractivity contribution is 7.13. The van der Waals surface area contributed by atoms with Crippen molar-refractivity contribution in [3.8, 4) is 16.3 Å². The first kappa shape index (κ1) is 15.8. The van der Waals surface area contributed by atoms with Gasteiger partial charge >= 0.3 is 6.36 Å². The van der Waals surface area contributed by atoms with Gasteiger partial charge in [-0.1, -0.05) is 19.1 Å². The van der Waals surface area contributed by atoms with Gasteiger partial charge in [0.05, 0.1) is 11.3 Å². The van der Waals surface area contributed by atoms with Crippen molar-refractivity contribution < 1.29 is 17.9 Å². The Morgan fingerprint density at radius 1 is 1.33 bits per heavy atom. The third kappa shape index (κ3) is 4.18. The van der Waals surface area contributed by atoms with E-state index in [1.54, 1.807) is 12.1 Å². The lowest BCUT2D eigenvalue weighted by atomic mass is 10.2. The Bertz CT molecular complexity index is 598. The van der Waals surface area contributed by atoms with Crippen LogP contribution < -0.4 is 10.1 Å². The van der Waals surface area contributed by atoms with Crippen LogP contribution in [0, 0.1) is 0 Å². The fraction of sp³-hybridized carbons (Fsp3) is 0.357. The van der Waals surface area contributed by atoms with E-state index in [2.05, 4.69) is 15.0 Å². The molecule has 0 amide bonds. The maximum Gasteiger partial charge on any atom is 0.573 e. The molecule has 0 bridgehead atoms. The van der Waals surface area contributed by atoms with Gasteiger partial charge in [0, 0.05) is 11.4 Å². The summed E-state index contributed by atoms with van der Waals surface area (Å²) in [7, 11) is 0. The molecule has 0 fully saturated rings. The fourth-order valence-electron chi connectivity index (χ4n) is 1.88. The van der Waals surface area contributed by atoms with Crippen LogP contribution >= 0.6 is 11.3 Å². The van der Waals surface area contributed by atoms with Gasteiger partial charge in [-0.05, 0) is 25.6 Å². The first-order valence-corrected chi connectivity index (χ1v) is 7.32. The quantitative estimate of drug-likeness (QED) is 0.889. The van der Waals surface area contributed by atoms with Crippen LogP contribution in [0.5, 0.6) is 5.75 Å². The van der Waals surface area contributed by atoms with Crippen LogP contribution in [0.25, 0.3) is 10.6 Å². The number of hydrogen-bond donors (Lipinski definition) is 1. The molecule has 3 nitrogen and oxygen atoms in total. The molecule has 0 saturated heterocycles. The number of ether oxygens (including phenoxy) is 1. The lowest BCUT2D eigenvalue weighted by Gasteiger charge is -2.12. The van der Waals surface area contributed by atoms with E-state index in [1.807, 2.05) is 19.2 Å². The topological polar surface area (TPSA) is 34.1 Å². The summed E-state index contributed by atoms with van der Waals surface area (Å²) in [5, 5.41) is 5.56. The summed E-state index contributed by atoms with van der Waals surface area (Å²) in [6.45, 7) is 4.73. The summed E-state index contributed by atoms with van der Waals surface area (Å²) in [5.41, 5.74) is 1.15. The van der Waals surface area contributed by atoms with Gasteiger partial charge in [-0.2, -0.15) is 0 Å². The smallest absolute Gasteiger partial charge is 0.405 e. The minimum Gasteiger partial charge on any atom is -0.405 e. The molecule has 21 heavy (non-hydrogen) atoms. The number of rotatable bonds is 5. The SMILES string of the molecule is CCNC(C)c1csc(-c2ccccc2OC(F)(F)F)n1. The molecule has 1 aromatic carbocycles. The van der Waals surface area contributed by atoms with Gasteiger partial charge < -0.3 is 10.1 Å². The van der Waals surface area contributed by atoms with Crippen molar-refractivity contribution >= 4 is 11.3 Å². The number of nitrogens with zero attached hydrogens (tertiary/aromatic N) is 1. The Morgan fingerprint density at radius 3 is 2.71 bits per heavy atom. The van der Waals surface area contributed by atoms with Crippen LogP contribution in [0.1, 0.15) is 25.6 Å². The van der Waals surface area contributed by atoms with Crippen molar-refractivity contribution in [2.45, 2.75) is 26.3 Å². The molecule has 0 aliphatic carbocycles. The Hall–Kier alpha value is -1.60. The van der Waals surface area contributed by atoms with Crippen molar-refractivity contribution in [3.63, 3.8) is 0 Å². The van der Waals surface area contributed by atoms with E-state index in [4.69, 9.17) is 0 Å². The van der Waals surface area contributed by atoms with Crippen molar-refractivity contribution in [1.29, 1.82) is 0 Å². The van der Waals surface area contributed by atoms with Gasteiger partial charge in [0.1, 0.15) is 10.8 Å². The predicted molar refractivity (Wildman–Crippen MR) is 76.3 cm³/mol. The number of hydrogen-bond acceptors (Lipinski definition) is 4. The minimum absolute atomic E-state index is 0.0516. The van der Waals surface area contributed by atoms with Crippen molar-refractivity contribution in [1.82, 2.24) is 10.3 Å². The number of para-hydroxylation sites is 1. The van der Waals surface area contributed by atoms with Crippen LogP contribution in [-0.2, 0) is 0 Å². The van der Waals surface area contributed by atoms with E-state index in [1.165, 1.54) is 23.5 Å². The zero-order valence-corrected chi connectivity index (χ0v) is 12.4. The normalized spacial score (nSPS) is 13.2. The molecular weight excluding hydrogens is 301 g/mol. The van der Waals surface area contributed by atoms with Crippen LogP contribution in [0.15, 0.2) is 29.6 Å². The Balaban J connectivity index is 2.30. The van der Waals surface area contributed by atoms with E-state index < -0.39 is 6.36 Å². The molecule has 0 saturated carbocycles. The molecule has 2 aromatic rings. The van der Waals surface area contributed by atoms with Crippen molar-refractivity contribution in [3.05, 3.63) is 35.3 Å². The number of nitrogens with one attached hydrogen (secondary N) is 1. The fourth-order valence-corrected chi connectivity index (χ4v) is 2.82. The molecule has 7 heteroatoms. The van der Waals surface area contributed by atoms with Gasteiger partial charge in [-0.3, -0.25) is 0 Å². The van der Waals surface area contributed by atoms with Gasteiger partial charge in [0.25, 0.3) is 0 Å². The zero-order chi connectivity index (χ0) is 15.5. The van der Waals surface area contributed by atoms with E-state index in [0.717, 1.165) is 12.2 Å². The third-order valence-electron chi connectivity index (χ3n) is 2.82. The zero-order valence-electron chi connectivity index (χ0n) is 11.6. The predicted octanol–water partition coefficient (Wildman–Crippen LogP) is 4.38. The third-order valence-corrected chi connectivity index (χ3v) is 3.71. The van der Waals surface area contributed by atoms with E-state index >= 15 is 0 Å². The van der Waals surface area contributed by atoms with Crippen LogP contribution in [0.2, 0.25) is 0 Å². The Labute approximate surface area is 124 Å². The van der Waals surface area contributed by atoms with Gasteiger partial charge in [0.2, 0.25) is 0 Å². The maximum atomic E-state index is 12.4. The van der Waals surface area contributed by atoms with Gasteiger partial charge in [0.15, 0.2) is 0 Å². The Morgan fingerprint density at radius 2 is 2.05 bits per heavy atom. The molecule has 1 N–H and O–H groups in total. The highest BCUT2D eigenvalue weighted by Crippen LogP contribution is 2.35. The summed E-state index contributed by atoms with van der Waals surface area (Å²) in [5.74, 6) is -0.234. The molecule has 114 valence electrons. The second-order valence-corrected chi connectivity index (χ2v) is 5.26. The van der Waals surface area contributed by atoms with Crippen LogP contribution in [-0.4, -0.2) is 17.9 Å². The van der Waals surface area contributed by atoms with E-state index in [0.29, 0.717) is 10.6 Å². The lowest BCUT2D eigenvalue weighted by molar-refractivity contribution is -0.274. The number of alkyl halides is 3. The molecule has 1 unspecified atom stereocenters. The Kier molecular flexibility index (Phi) is 4.84. The van der Waals surface area contributed by atoms with Gasteiger partial charge in [-0.25, -0.2) is 4.98 Å². The summed E-state index contributed by atoms with van der Waals surface area (Å²) in [4.78, 5) is 4.40. The standard InChI is InChI=1S/C14H15F3N2OS/c1-3-18-9(2)11-8-21-13(19-11)10-6-4-5-7-12(10)20-14(15,16)17/h4-9,18H,3H2,1-2H3. The number of thiazole rings is 1. The molecule has 2 rings (SSSR count). The van der Waals surface area contributed by atoms with E-state index in [-0.39, 0.29) is 11.8 Å².